The van der Waals surface area contributed by atoms with Gasteiger partial charge in [-0.3, -0.25) is 9.59 Å². The second-order valence-electron chi connectivity index (χ2n) is 10.9. The van der Waals surface area contributed by atoms with E-state index in [0.717, 1.165) is 16.2 Å². The molecule has 0 aliphatic carbocycles. The van der Waals surface area contributed by atoms with Crippen LogP contribution in [0, 0.1) is 6.92 Å². The molecule has 1 atom stereocenters. The van der Waals surface area contributed by atoms with Crippen molar-refractivity contribution in [3.8, 4) is 10.4 Å². The Morgan fingerprint density at radius 2 is 1.95 bits per heavy atom. The van der Waals surface area contributed by atoms with E-state index >= 15 is 0 Å². The lowest BCUT2D eigenvalue weighted by atomic mass is 10.1. The minimum atomic E-state index is -2.70. The van der Waals surface area contributed by atoms with E-state index in [0.29, 0.717) is 22.8 Å². The molecule has 8 nitrogen and oxygen atoms in total. The third kappa shape index (κ3) is 9.19. The Balaban J connectivity index is 0.000000423. The maximum atomic E-state index is 13.7. The summed E-state index contributed by atoms with van der Waals surface area (Å²) < 4.78 is 52.3. The minimum absolute atomic E-state index is 0.0524. The smallest absolute Gasteiger partial charge is 0.280 e. The van der Waals surface area contributed by atoms with E-state index in [2.05, 4.69) is 20.6 Å². The van der Waals surface area contributed by atoms with Crippen LogP contribution in [0.3, 0.4) is 0 Å². The first kappa shape index (κ1) is 31.4. The van der Waals surface area contributed by atoms with Gasteiger partial charge in [0.1, 0.15) is 5.82 Å². The first-order chi connectivity index (χ1) is 17.3. The van der Waals surface area contributed by atoms with Crippen LogP contribution in [0.4, 0.5) is 23.4 Å². The summed E-state index contributed by atoms with van der Waals surface area (Å²) in [4.78, 5) is 32.4. The van der Waals surface area contributed by atoms with Crippen molar-refractivity contribution in [1.29, 1.82) is 0 Å². The minimum Gasteiger partial charge on any atom is -0.389 e. The van der Waals surface area contributed by atoms with Crippen LogP contribution in [0.1, 0.15) is 75.4 Å². The van der Waals surface area contributed by atoms with Crippen molar-refractivity contribution in [1.82, 2.24) is 20.2 Å². The number of aryl methyl sites for hydroxylation is 1. The van der Waals surface area contributed by atoms with E-state index in [-0.39, 0.29) is 40.7 Å². The zero-order valence-electron chi connectivity index (χ0n) is 22.5. The molecule has 212 valence electrons. The number of hydrogen-bond acceptors (Lipinski definition) is 7. The molecule has 38 heavy (non-hydrogen) atoms. The number of aliphatic hydroxyl groups is 1. The van der Waals surface area contributed by atoms with Crippen LogP contribution >= 0.6 is 11.3 Å². The molecule has 2 aromatic rings. The first-order valence-electron chi connectivity index (χ1n) is 12.0. The summed E-state index contributed by atoms with van der Waals surface area (Å²) in [6, 6.07) is 1.02. The SMILES string of the molecule is CC1CC(F)(F)CN1C=O.Cc1nc(C(=O)NCC(C)(C)O)sc1-c1cnc(NC(C)(C)C)cc1C(F)F. The predicted octanol–water partition coefficient (Wildman–Crippen LogP) is 5.03. The Kier molecular flexibility index (Phi) is 9.87. The molecule has 1 unspecified atom stereocenters. The van der Waals surface area contributed by atoms with Gasteiger partial charge in [-0.15, -0.1) is 11.3 Å². The van der Waals surface area contributed by atoms with Crippen molar-refractivity contribution in [3.63, 3.8) is 0 Å². The number of nitrogens with one attached hydrogen (secondary N) is 2. The van der Waals surface area contributed by atoms with E-state index in [1.807, 2.05) is 20.8 Å². The van der Waals surface area contributed by atoms with Crippen molar-refractivity contribution in [2.24, 2.45) is 0 Å². The highest BCUT2D eigenvalue weighted by Gasteiger charge is 2.42. The van der Waals surface area contributed by atoms with Gasteiger partial charge in [0.05, 0.1) is 22.7 Å². The largest absolute Gasteiger partial charge is 0.389 e. The maximum absolute atomic E-state index is 13.7. The number of aromatic nitrogens is 2. The fourth-order valence-corrected chi connectivity index (χ4v) is 4.60. The third-order valence-corrected chi connectivity index (χ3v) is 6.49. The number of thiazole rings is 1. The zero-order valence-corrected chi connectivity index (χ0v) is 23.4. The standard InChI is InChI=1S/C19H26F2N4O2S.C6H9F2NO/c1-10-14(28-17(24-10)16(26)23-9-19(5,6)27)12-8-22-13(25-18(2,3)4)7-11(12)15(20)21;1-5-2-6(7,8)3-9(5)4-10/h7-8,15,27H,9H2,1-6H3,(H,22,25)(H,23,26);4-5H,2-3H2,1H3. The number of anilines is 1. The van der Waals surface area contributed by atoms with Crippen LogP contribution in [0.15, 0.2) is 12.3 Å². The number of carbonyl (C=O) groups is 2. The highest BCUT2D eigenvalue weighted by molar-refractivity contribution is 7.17. The van der Waals surface area contributed by atoms with Crippen LogP contribution in [0.2, 0.25) is 0 Å². The Hall–Kier alpha value is -2.80. The molecule has 0 aromatic carbocycles. The van der Waals surface area contributed by atoms with Crippen LogP contribution in [0.5, 0.6) is 0 Å². The zero-order chi connectivity index (χ0) is 29.1. The summed E-state index contributed by atoms with van der Waals surface area (Å²) in [5.74, 6) is -2.77. The molecule has 2 aromatic heterocycles. The van der Waals surface area contributed by atoms with Gasteiger partial charge in [-0.2, -0.15) is 0 Å². The number of carbonyl (C=O) groups excluding carboxylic acids is 2. The Labute approximate surface area is 223 Å². The fraction of sp³-hybridized carbons (Fsp3) is 0.600. The van der Waals surface area contributed by atoms with Gasteiger partial charge in [0.15, 0.2) is 5.01 Å². The van der Waals surface area contributed by atoms with Crippen LogP contribution < -0.4 is 10.6 Å². The van der Waals surface area contributed by atoms with Gasteiger partial charge in [-0.1, -0.05) is 0 Å². The average Bonchev–Trinajstić information content (AvgIpc) is 3.28. The molecule has 3 heterocycles. The number of halogens is 4. The lowest BCUT2D eigenvalue weighted by Crippen LogP contribution is -2.38. The summed E-state index contributed by atoms with van der Waals surface area (Å²) >= 11 is 1.02. The molecule has 2 amide bonds. The number of pyridine rings is 1. The Morgan fingerprint density at radius 3 is 2.39 bits per heavy atom. The summed E-state index contributed by atoms with van der Waals surface area (Å²) in [6.07, 6.45) is -1.04. The Bertz CT molecular complexity index is 1130. The van der Waals surface area contributed by atoms with Crippen molar-refractivity contribution in [2.45, 2.75) is 84.4 Å². The summed E-state index contributed by atoms with van der Waals surface area (Å²) in [6.45, 7) is 11.8. The molecule has 0 saturated carbocycles. The topological polar surface area (TPSA) is 107 Å². The molecule has 0 bridgehead atoms. The second-order valence-corrected chi connectivity index (χ2v) is 11.9. The van der Waals surface area contributed by atoms with Crippen molar-refractivity contribution in [3.05, 3.63) is 28.5 Å². The van der Waals surface area contributed by atoms with Crippen molar-refractivity contribution >= 4 is 29.5 Å². The number of nitrogens with zero attached hydrogens (tertiary/aromatic N) is 3. The molecule has 1 aliphatic rings. The lowest BCUT2D eigenvalue weighted by Gasteiger charge is -2.22. The Morgan fingerprint density at radius 1 is 1.32 bits per heavy atom. The van der Waals surface area contributed by atoms with E-state index in [9.17, 15) is 32.3 Å². The number of alkyl halides is 4. The average molecular weight is 562 g/mol. The second kappa shape index (κ2) is 11.9. The molecule has 0 radical (unpaired) electrons. The first-order valence-corrected chi connectivity index (χ1v) is 12.8. The van der Waals surface area contributed by atoms with Crippen molar-refractivity contribution < 1.29 is 32.3 Å². The number of likely N-dealkylation sites (tertiary alicyclic amines) is 1. The van der Waals surface area contributed by atoms with Crippen LogP contribution in [-0.4, -0.2) is 68.5 Å². The predicted molar refractivity (Wildman–Crippen MR) is 139 cm³/mol. The summed E-state index contributed by atoms with van der Waals surface area (Å²) in [7, 11) is 0. The van der Waals surface area contributed by atoms with E-state index in [1.54, 1.807) is 27.7 Å². The molecular formula is C25H35F4N5O3S. The molecule has 0 spiro atoms. The van der Waals surface area contributed by atoms with E-state index < -0.39 is 30.4 Å². The van der Waals surface area contributed by atoms with Crippen LogP contribution in [-0.2, 0) is 4.79 Å². The highest BCUT2D eigenvalue weighted by Crippen LogP contribution is 2.37. The number of hydrogen-bond donors (Lipinski definition) is 3. The van der Waals surface area contributed by atoms with Crippen LogP contribution in [0.25, 0.3) is 10.4 Å². The van der Waals surface area contributed by atoms with Gasteiger partial charge in [0.2, 0.25) is 6.41 Å². The van der Waals surface area contributed by atoms with E-state index in [4.69, 9.17) is 0 Å². The highest BCUT2D eigenvalue weighted by atomic mass is 32.1. The lowest BCUT2D eigenvalue weighted by molar-refractivity contribution is -0.119. The fourth-order valence-electron chi connectivity index (χ4n) is 3.59. The van der Waals surface area contributed by atoms with Gasteiger partial charge in [0.25, 0.3) is 18.3 Å². The molecule has 1 aliphatic heterocycles. The van der Waals surface area contributed by atoms with Gasteiger partial charge < -0.3 is 20.6 Å². The molecule has 3 N–H and O–H groups in total. The van der Waals surface area contributed by atoms with Gasteiger partial charge in [0, 0.05) is 41.9 Å². The van der Waals surface area contributed by atoms with Crippen molar-refractivity contribution in [2.75, 3.05) is 18.4 Å². The van der Waals surface area contributed by atoms with Gasteiger partial charge >= 0.3 is 0 Å². The van der Waals surface area contributed by atoms with Gasteiger partial charge in [-0.05, 0) is 54.5 Å². The summed E-state index contributed by atoms with van der Waals surface area (Å²) in [5, 5.41) is 15.5. The molecule has 1 fully saturated rings. The molecular weight excluding hydrogens is 526 g/mol. The quantitative estimate of drug-likeness (QED) is 0.323. The van der Waals surface area contributed by atoms with Gasteiger partial charge in [-0.25, -0.2) is 27.5 Å². The molecule has 13 heteroatoms. The number of rotatable bonds is 7. The normalized spacial score (nSPS) is 17.2. The molecule has 1 saturated heterocycles. The number of amides is 2. The summed E-state index contributed by atoms with van der Waals surface area (Å²) in [5.41, 5.74) is -0.824. The van der Waals surface area contributed by atoms with E-state index in [1.165, 1.54) is 12.3 Å². The maximum Gasteiger partial charge on any atom is 0.280 e. The monoisotopic (exact) mass is 561 g/mol. The third-order valence-electron chi connectivity index (χ3n) is 5.30. The molecule has 3 rings (SSSR count).